The number of hydrogen-bond acceptors (Lipinski definition) is 7. The fraction of sp³-hybridized carbons (Fsp3) is 0.375. The van der Waals surface area contributed by atoms with Gasteiger partial charge in [0.1, 0.15) is 0 Å². The van der Waals surface area contributed by atoms with Crippen molar-refractivity contribution in [2.24, 2.45) is 0 Å². The number of thioether (sulfide) groups is 1. The molecule has 0 spiro atoms. The Hall–Kier alpha value is -2.75. The number of aromatic nitrogens is 3. The molecule has 3 heterocycles. The van der Waals surface area contributed by atoms with E-state index in [1.807, 2.05) is 17.6 Å². The van der Waals surface area contributed by atoms with Gasteiger partial charge in [0.05, 0.1) is 25.0 Å². The lowest BCUT2D eigenvalue weighted by molar-refractivity contribution is -0.138. The van der Waals surface area contributed by atoms with Crippen LogP contribution in [0.15, 0.2) is 39.2 Å². The van der Waals surface area contributed by atoms with Gasteiger partial charge in [-0.2, -0.15) is 0 Å². The Morgan fingerprint density at radius 2 is 2.27 bits per heavy atom. The molecular weight excluding hydrogens is 358 g/mol. The lowest BCUT2D eigenvalue weighted by atomic mass is 10.2. The Kier molecular flexibility index (Phi) is 5.61. The normalized spacial score (nSPS) is 14.2. The molecule has 0 fully saturated rings. The number of rotatable bonds is 7. The monoisotopic (exact) mass is 377 g/mol. The van der Waals surface area contributed by atoms with Gasteiger partial charge >= 0.3 is 12.0 Å². The van der Waals surface area contributed by atoms with E-state index < -0.39 is 5.97 Å². The second-order valence-electron chi connectivity index (χ2n) is 5.30. The fourth-order valence-electron chi connectivity index (χ4n) is 2.47. The molecule has 2 N–H and O–H groups in total. The largest absolute Gasteiger partial charge is 0.463 e. The maximum atomic E-state index is 12.1. The zero-order valence-corrected chi connectivity index (χ0v) is 15.3. The number of furan rings is 1. The molecule has 1 aliphatic heterocycles. The number of nitrogens with one attached hydrogen (secondary N) is 2. The van der Waals surface area contributed by atoms with Gasteiger partial charge in [0.15, 0.2) is 16.7 Å². The van der Waals surface area contributed by atoms with Crippen LogP contribution >= 0.6 is 11.8 Å². The number of nitrogens with zero attached hydrogens (tertiary/aromatic N) is 3. The van der Waals surface area contributed by atoms with E-state index in [1.165, 1.54) is 11.8 Å². The number of hydrogen-bond donors (Lipinski definition) is 2. The number of amides is 2. The van der Waals surface area contributed by atoms with E-state index in [4.69, 9.17) is 9.15 Å². The first-order valence-electron chi connectivity index (χ1n) is 8.17. The van der Waals surface area contributed by atoms with E-state index >= 15 is 0 Å². The van der Waals surface area contributed by atoms with Crippen LogP contribution in [0.3, 0.4) is 0 Å². The summed E-state index contributed by atoms with van der Waals surface area (Å²) >= 11 is 1.38. The average molecular weight is 377 g/mol. The molecule has 138 valence electrons. The summed E-state index contributed by atoms with van der Waals surface area (Å²) in [5.74, 6) is 1.18. The molecule has 0 bridgehead atoms. The first-order valence-corrected chi connectivity index (χ1v) is 9.16. The third kappa shape index (κ3) is 3.74. The molecule has 0 aromatic carbocycles. The van der Waals surface area contributed by atoms with Crippen LogP contribution in [0.4, 0.5) is 4.79 Å². The van der Waals surface area contributed by atoms with E-state index in [-0.39, 0.29) is 19.2 Å². The summed E-state index contributed by atoms with van der Waals surface area (Å²) in [5.41, 5.74) is 0.926. The lowest BCUT2D eigenvalue weighted by Crippen LogP contribution is -2.44. The molecule has 10 heteroatoms. The number of urea groups is 1. The Morgan fingerprint density at radius 3 is 2.96 bits per heavy atom. The average Bonchev–Trinajstić information content (AvgIpc) is 3.29. The van der Waals surface area contributed by atoms with Gasteiger partial charge in [0, 0.05) is 18.0 Å². The molecule has 9 nitrogen and oxygen atoms in total. The first-order chi connectivity index (χ1) is 12.6. The van der Waals surface area contributed by atoms with E-state index in [0.29, 0.717) is 40.3 Å². The summed E-state index contributed by atoms with van der Waals surface area (Å²) in [7, 11) is 0. The minimum Gasteiger partial charge on any atom is -0.463 e. The summed E-state index contributed by atoms with van der Waals surface area (Å²) in [4.78, 5) is 23.7. The Balaban J connectivity index is 1.80. The summed E-state index contributed by atoms with van der Waals surface area (Å²) < 4.78 is 12.4. The molecule has 26 heavy (non-hydrogen) atoms. The van der Waals surface area contributed by atoms with Crippen molar-refractivity contribution in [3.8, 4) is 11.6 Å². The van der Waals surface area contributed by atoms with Crippen molar-refractivity contribution in [1.82, 2.24) is 25.4 Å². The highest BCUT2D eigenvalue weighted by atomic mass is 32.2. The van der Waals surface area contributed by atoms with Crippen molar-refractivity contribution in [3.63, 3.8) is 0 Å². The predicted molar refractivity (Wildman–Crippen MR) is 94.3 cm³/mol. The van der Waals surface area contributed by atoms with E-state index in [9.17, 15) is 9.59 Å². The first kappa shape index (κ1) is 18.1. The highest BCUT2D eigenvalue weighted by Crippen LogP contribution is 2.26. The van der Waals surface area contributed by atoms with Crippen LogP contribution in [-0.4, -0.2) is 45.7 Å². The standard InChI is InChI=1S/C16H19N5O4S/c1-3-21-13(12-6-5-7-25-12)19-20-16(21)26-9-11-10(14(22)24-4-2)8-17-15(23)18-11/h5-7H,3-4,8-9H2,1-2H3,(H2,17,18,23). The van der Waals surface area contributed by atoms with Gasteiger partial charge in [-0.05, 0) is 26.0 Å². The summed E-state index contributed by atoms with van der Waals surface area (Å²) in [6, 6.07) is 3.26. The molecule has 0 saturated carbocycles. The molecule has 0 radical (unpaired) electrons. The molecule has 0 unspecified atom stereocenters. The second-order valence-corrected chi connectivity index (χ2v) is 6.24. The van der Waals surface area contributed by atoms with Crippen LogP contribution in [-0.2, 0) is 16.1 Å². The molecule has 1 aliphatic rings. The zero-order valence-electron chi connectivity index (χ0n) is 14.4. The van der Waals surface area contributed by atoms with Crippen molar-refractivity contribution in [3.05, 3.63) is 29.7 Å². The van der Waals surface area contributed by atoms with Gasteiger partial charge in [0.25, 0.3) is 0 Å². The van der Waals surface area contributed by atoms with Crippen molar-refractivity contribution < 1.29 is 18.7 Å². The van der Waals surface area contributed by atoms with Crippen molar-refractivity contribution >= 4 is 23.8 Å². The smallest absolute Gasteiger partial charge is 0.337 e. The highest BCUT2D eigenvalue weighted by molar-refractivity contribution is 7.99. The Morgan fingerprint density at radius 1 is 1.42 bits per heavy atom. The van der Waals surface area contributed by atoms with Crippen LogP contribution in [0.2, 0.25) is 0 Å². The van der Waals surface area contributed by atoms with Crippen LogP contribution in [0, 0.1) is 0 Å². The van der Waals surface area contributed by atoms with Crippen molar-refractivity contribution in [2.75, 3.05) is 18.9 Å². The third-order valence-corrected chi connectivity index (χ3v) is 4.69. The van der Waals surface area contributed by atoms with Crippen molar-refractivity contribution in [2.45, 2.75) is 25.5 Å². The minimum atomic E-state index is -0.441. The molecule has 2 amide bonds. The van der Waals surface area contributed by atoms with Crippen LogP contribution in [0.1, 0.15) is 13.8 Å². The van der Waals surface area contributed by atoms with Crippen LogP contribution < -0.4 is 10.6 Å². The number of ether oxygens (including phenoxy) is 1. The lowest BCUT2D eigenvalue weighted by Gasteiger charge is -2.21. The fourth-order valence-corrected chi connectivity index (χ4v) is 3.46. The quantitative estimate of drug-likeness (QED) is 0.559. The van der Waals surface area contributed by atoms with Gasteiger partial charge in [0.2, 0.25) is 0 Å². The maximum absolute atomic E-state index is 12.1. The molecule has 0 aliphatic carbocycles. The van der Waals surface area contributed by atoms with Crippen LogP contribution in [0.25, 0.3) is 11.6 Å². The number of carbonyl (C=O) groups is 2. The third-order valence-electron chi connectivity index (χ3n) is 3.70. The minimum absolute atomic E-state index is 0.138. The van der Waals surface area contributed by atoms with Crippen LogP contribution in [0.5, 0.6) is 0 Å². The van der Waals surface area contributed by atoms with Gasteiger partial charge in [-0.25, -0.2) is 9.59 Å². The van der Waals surface area contributed by atoms with Crippen molar-refractivity contribution in [1.29, 1.82) is 0 Å². The van der Waals surface area contributed by atoms with Gasteiger partial charge in [-0.15, -0.1) is 10.2 Å². The highest BCUT2D eigenvalue weighted by Gasteiger charge is 2.24. The summed E-state index contributed by atoms with van der Waals surface area (Å²) in [6.45, 7) is 4.78. The second kappa shape index (κ2) is 8.09. The van der Waals surface area contributed by atoms with E-state index in [0.717, 1.165) is 0 Å². The maximum Gasteiger partial charge on any atom is 0.337 e. The molecular formula is C16H19N5O4S. The molecule has 3 rings (SSSR count). The Labute approximate surface area is 154 Å². The molecule has 2 aromatic heterocycles. The van der Waals surface area contributed by atoms with E-state index in [2.05, 4.69) is 20.8 Å². The van der Waals surface area contributed by atoms with E-state index in [1.54, 1.807) is 19.3 Å². The molecule has 0 saturated heterocycles. The summed E-state index contributed by atoms with van der Waals surface area (Å²) in [5, 5.41) is 14.3. The Bertz CT molecular complexity index is 828. The van der Waals surface area contributed by atoms with Gasteiger partial charge in [-0.1, -0.05) is 11.8 Å². The molecule has 0 atom stereocenters. The number of esters is 1. The number of carbonyl (C=O) groups excluding carboxylic acids is 2. The van der Waals surface area contributed by atoms with Gasteiger partial charge in [-0.3, -0.25) is 4.57 Å². The summed E-state index contributed by atoms with van der Waals surface area (Å²) in [6.07, 6.45) is 1.58. The predicted octanol–water partition coefficient (Wildman–Crippen LogP) is 1.78. The van der Waals surface area contributed by atoms with Gasteiger partial charge < -0.3 is 19.8 Å². The molecule has 2 aromatic rings. The topological polar surface area (TPSA) is 111 Å². The SMILES string of the molecule is CCOC(=O)C1=C(CSc2nnc(-c3ccco3)n2CC)NC(=O)NC1. The zero-order chi connectivity index (χ0) is 18.5.